The van der Waals surface area contributed by atoms with Gasteiger partial charge in [-0.15, -0.1) is 11.3 Å². The highest BCUT2D eigenvalue weighted by molar-refractivity contribution is 7.13. The number of ether oxygens (including phenoxy) is 1. The molecule has 2 aromatic rings. The van der Waals surface area contributed by atoms with Crippen LogP contribution in [-0.2, 0) is 9.53 Å². The van der Waals surface area contributed by atoms with Crippen molar-refractivity contribution in [1.82, 2.24) is 10.5 Å². The first-order chi connectivity index (χ1) is 9.85. The minimum Gasteiger partial charge on any atom is -0.459 e. The number of nitrogens with zero attached hydrogens (tertiary/aromatic N) is 1. The fraction of sp³-hybridized carbons (Fsp3) is 0.357. The zero-order valence-corrected chi connectivity index (χ0v) is 12.8. The fourth-order valence-corrected chi connectivity index (χ4v) is 2.21. The molecule has 0 aliphatic rings. The Labute approximate surface area is 126 Å². The SMILES string of the molecule is CC(C)(C)OC(=O)CNC(=O)c1cc(-c2cccs2)on1. The van der Waals surface area contributed by atoms with Crippen molar-refractivity contribution in [2.24, 2.45) is 0 Å². The van der Waals surface area contributed by atoms with Gasteiger partial charge in [-0.2, -0.15) is 0 Å². The lowest BCUT2D eigenvalue weighted by Crippen LogP contribution is -2.34. The topological polar surface area (TPSA) is 81.4 Å². The number of amides is 1. The molecule has 1 amide bonds. The number of nitrogens with one attached hydrogen (secondary N) is 1. The second-order valence-electron chi connectivity index (χ2n) is 5.32. The second-order valence-corrected chi connectivity index (χ2v) is 6.27. The largest absolute Gasteiger partial charge is 0.459 e. The Morgan fingerprint density at radius 3 is 2.81 bits per heavy atom. The van der Waals surface area contributed by atoms with Gasteiger partial charge in [0.05, 0.1) is 4.88 Å². The summed E-state index contributed by atoms with van der Waals surface area (Å²) in [6.45, 7) is 5.07. The maximum Gasteiger partial charge on any atom is 0.325 e. The van der Waals surface area contributed by atoms with Crippen molar-refractivity contribution in [1.29, 1.82) is 0 Å². The van der Waals surface area contributed by atoms with Crippen LogP contribution in [-0.4, -0.2) is 29.2 Å². The van der Waals surface area contributed by atoms with Crippen molar-refractivity contribution < 1.29 is 18.8 Å². The number of carbonyl (C=O) groups is 2. The lowest BCUT2D eigenvalue weighted by atomic mass is 10.2. The first-order valence-corrected chi connectivity index (χ1v) is 7.24. The quantitative estimate of drug-likeness (QED) is 0.878. The van der Waals surface area contributed by atoms with Crippen LogP contribution in [0.3, 0.4) is 0 Å². The Morgan fingerprint density at radius 2 is 2.19 bits per heavy atom. The number of hydrogen-bond donors (Lipinski definition) is 1. The molecule has 0 fully saturated rings. The first-order valence-electron chi connectivity index (χ1n) is 6.36. The van der Waals surface area contributed by atoms with Crippen LogP contribution < -0.4 is 5.32 Å². The summed E-state index contributed by atoms with van der Waals surface area (Å²) in [5, 5.41) is 8.04. The number of hydrogen-bond acceptors (Lipinski definition) is 6. The van der Waals surface area contributed by atoms with E-state index in [-0.39, 0.29) is 12.2 Å². The Kier molecular flexibility index (Phi) is 4.42. The highest BCUT2D eigenvalue weighted by Gasteiger charge is 2.18. The third-order valence-corrected chi connectivity index (χ3v) is 3.20. The van der Waals surface area contributed by atoms with Crippen molar-refractivity contribution >= 4 is 23.2 Å². The second kappa shape index (κ2) is 6.09. The monoisotopic (exact) mass is 308 g/mol. The third-order valence-electron chi connectivity index (χ3n) is 2.32. The standard InChI is InChI=1S/C14H16N2O4S/c1-14(2,3)19-12(17)8-15-13(18)9-7-10(20-16-9)11-5-4-6-21-11/h4-7H,8H2,1-3H3,(H,15,18). The molecule has 0 bridgehead atoms. The first kappa shape index (κ1) is 15.2. The minimum absolute atomic E-state index is 0.127. The van der Waals surface area contributed by atoms with E-state index in [9.17, 15) is 9.59 Å². The van der Waals surface area contributed by atoms with Gasteiger partial charge in [0.1, 0.15) is 12.1 Å². The molecule has 0 saturated carbocycles. The predicted molar refractivity (Wildman–Crippen MR) is 78.0 cm³/mol. The summed E-state index contributed by atoms with van der Waals surface area (Å²) in [6.07, 6.45) is 0. The van der Waals surface area contributed by atoms with Crippen LogP contribution in [0, 0.1) is 0 Å². The number of carbonyl (C=O) groups excluding carboxylic acids is 2. The van der Waals surface area contributed by atoms with Crippen molar-refractivity contribution in [2.45, 2.75) is 26.4 Å². The summed E-state index contributed by atoms with van der Waals surface area (Å²) in [6, 6.07) is 5.29. The Morgan fingerprint density at radius 1 is 1.43 bits per heavy atom. The fourth-order valence-electron chi connectivity index (χ4n) is 1.54. The van der Waals surface area contributed by atoms with Crippen molar-refractivity contribution in [3.8, 4) is 10.6 Å². The summed E-state index contributed by atoms with van der Waals surface area (Å²) in [4.78, 5) is 24.3. The molecule has 2 rings (SSSR count). The molecule has 0 aliphatic heterocycles. The molecule has 0 saturated heterocycles. The Bertz CT molecular complexity index is 626. The molecule has 0 spiro atoms. The van der Waals surface area contributed by atoms with Gasteiger partial charge in [-0.05, 0) is 32.2 Å². The van der Waals surface area contributed by atoms with Crippen LogP contribution in [0.25, 0.3) is 10.6 Å². The van der Waals surface area contributed by atoms with Crippen LogP contribution >= 0.6 is 11.3 Å². The number of aromatic nitrogens is 1. The molecule has 1 N–H and O–H groups in total. The highest BCUT2D eigenvalue weighted by Crippen LogP contribution is 2.24. The van der Waals surface area contributed by atoms with E-state index >= 15 is 0 Å². The molecule has 0 radical (unpaired) electrons. The average Bonchev–Trinajstić information content (AvgIpc) is 3.03. The minimum atomic E-state index is -0.581. The zero-order chi connectivity index (χ0) is 15.5. The van der Waals surface area contributed by atoms with Crippen LogP contribution in [0.4, 0.5) is 0 Å². The molecule has 21 heavy (non-hydrogen) atoms. The van der Waals surface area contributed by atoms with Crippen LogP contribution in [0.1, 0.15) is 31.3 Å². The van der Waals surface area contributed by atoms with Gasteiger partial charge in [0, 0.05) is 6.07 Å². The van der Waals surface area contributed by atoms with Gasteiger partial charge in [-0.1, -0.05) is 11.2 Å². The van der Waals surface area contributed by atoms with E-state index in [0.29, 0.717) is 5.76 Å². The third kappa shape index (κ3) is 4.42. The normalized spacial score (nSPS) is 11.2. The van der Waals surface area contributed by atoms with Crippen LogP contribution in [0.2, 0.25) is 0 Å². The summed E-state index contributed by atoms with van der Waals surface area (Å²) < 4.78 is 10.2. The molecule has 0 unspecified atom stereocenters. The van der Waals surface area contributed by atoms with Crippen molar-refractivity contribution in [3.63, 3.8) is 0 Å². The molecule has 0 aromatic carbocycles. The van der Waals surface area contributed by atoms with Crippen LogP contribution in [0.5, 0.6) is 0 Å². The van der Waals surface area contributed by atoms with Crippen molar-refractivity contribution in [2.75, 3.05) is 6.54 Å². The smallest absolute Gasteiger partial charge is 0.325 e. The Hall–Kier alpha value is -2.15. The number of thiophene rings is 1. The average molecular weight is 308 g/mol. The summed E-state index contributed by atoms with van der Waals surface area (Å²) in [7, 11) is 0. The molecule has 7 heteroatoms. The lowest BCUT2D eigenvalue weighted by Gasteiger charge is -2.19. The maximum atomic E-state index is 11.9. The van der Waals surface area contributed by atoms with E-state index in [1.54, 1.807) is 20.8 Å². The Balaban J connectivity index is 1.91. The molecule has 0 aliphatic carbocycles. The summed E-state index contributed by atoms with van der Waals surface area (Å²) in [5.74, 6) is -0.461. The maximum absolute atomic E-state index is 11.9. The molecule has 2 heterocycles. The van der Waals surface area contributed by atoms with Gasteiger partial charge in [0.2, 0.25) is 0 Å². The van der Waals surface area contributed by atoms with Crippen LogP contribution in [0.15, 0.2) is 28.1 Å². The van der Waals surface area contributed by atoms with Gasteiger partial charge in [-0.25, -0.2) is 0 Å². The van der Waals surface area contributed by atoms with Gasteiger partial charge >= 0.3 is 5.97 Å². The molecule has 2 aromatic heterocycles. The van der Waals surface area contributed by atoms with Gasteiger partial charge in [0.15, 0.2) is 11.5 Å². The molecule has 112 valence electrons. The predicted octanol–water partition coefficient (Wildman–Crippen LogP) is 2.47. The molecular formula is C14H16N2O4S. The molecular weight excluding hydrogens is 292 g/mol. The van der Waals surface area contributed by atoms with E-state index in [1.165, 1.54) is 17.4 Å². The van der Waals surface area contributed by atoms with Crippen molar-refractivity contribution in [3.05, 3.63) is 29.3 Å². The molecule has 6 nitrogen and oxygen atoms in total. The molecule has 0 atom stereocenters. The van der Waals surface area contributed by atoms with E-state index < -0.39 is 17.5 Å². The summed E-state index contributed by atoms with van der Waals surface area (Å²) >= 11 is 1.49. The number of rotatable bonds is 4. The summed E-state index contributed by atoms with van der Waals surface area (Å²) in [5.41, 5.74) is -0.454. The van der Waals surface area contributed by atoms with E-state index in [0.717, 1.165) is 4.88 Å². The zero-order valence-electron chi connectivity index (χ0n) is 12.0. The van der Waals surface area contributed by atoms with Gasteiger partial charge in [0.25, 0.3) is 5.91 Å². The lowest BCUT2D eigenvalue weighted by molar-refractivity contribution is -0.153. The number of esters is 1. The van der Waals surface area contributed by atoms with E-state index in [2.05, 4.69) is 10.5 Å². The highest BCUT2D eigenvalue weighted by atomic mass is 32.1. The van der Waals surface area contributed by atoms with E-state index in [1.807, 2.05) is 17.5 Å². The van der Waals surface area contributed by atoms with Gasteiger partial charge in [-0.3, -0.25) is 9.59 Å². The van der Waals surface area contributed by atoms with Gasteiger partial charge < -0.3 is 14.6 Å². The van der Waals surface area contributed by atoms with E-state index in [4.69, 9.17) is 9.26 Å².